The van der Waals surface area contributed by atoms with Crippen LogP contribution >= 0.6 is 0 Å². The van der Waals surface area contributed by atoms with Gasteiger partial charge in [-0.2, -0.15) is 0 Å². The summed E-state index contributed by atoms with van der Waals surface area (Å²) in [5.74, 6) is -0.0587. The molecule has 0 saturated heterocycles. The summed E-state index contributed by atoms with van der Waals surface area (Å²) < 4.78 is 0. The molecule has 0 saturated carbocycles. The molecule has 0 aliphatic carbocycles. The zero-order valence-electron chi connectivity index (χ0n) is 12.6. The molecule has 0 aromatic heterocycles. The maximum absolute atomic E-state index is 12.3. The van der Waals surface area contributed by atoms with Gasteiger partial charge in [0.1, 0.15) is 0 Å². The first kappa shape index (κ1) is 16.5. The van der Waals surface area contributed by atoms with E-state index in [9.17, 15) is 4.79 Å². The van der Waals surface area contributed by atoms with Crippen LogP contribution in [0.2, 0.25) is 0 Å². The smallest absolute Gasteiger partial charge is 0.253 e. The first-order chi connectivity index (χ1) is 9.60. The first-order valence-electron chi connectivity index (χ1n) is 7.34. The van der Waals surface area contributed by atoms with Crippen molar-refractivity contribution in [2.24, 2.45) is 5.92 Å². The summed E-state index contributed by atoms with van der Waals surface area (Å²) in [6.45, 7) is 6.89. The van der Waals surface area contributed by atoms with Gasteiger partial charge in [-0.15, -0.1) is 0 Å². The van der Waals surface area contributed by atoms with Gasteiger partial charge in [0.2, 0.25) is 0 Å². The summed E-state index contributed by atoms with van der Waals surface area (Å²) in [7, 11) is 0. The van der Waals surface area contributed by atoms with Gasteiger partial charge in [-0.05, 0) is 31.4 Å². The Morgan fingerprint density at radius 1 is 1.30 bits per heavy atom. The van der Waals surface area contributed by atoms with E-state index in [-0.39, 0.29) is 24.5 Å². The molecule has 0 aliphatic heterocycles. The summed E-state index contributed by atoms with van der Waals surface area (Å²) in [5.41, 5.74) is 1.52. The maximum atomic E-state index is 12.3. The molecule has 0 radical (unpaired) electrons. The van der Waals surface area contributed by atoms with Gasteiger partial charge in [0.05, 0.1) is 5.56 Å². The summed E-state index contributed by atoms with van der Waals surface area (Å²) in [6, 6.07) is 7.46. The summed E-state index contributed by atoms with van der Waals surface area (Å²) in [5, 5.41) is 15.4. The van der Waals surface area contributed by atoms with Crippen molar-refractivity contribution >= 4 is 11.6 Å². The van der Waals surface area contributed by atoms with E-state index in [0.29, 0.717) is 5.56 Å². The summed E-state index contributed by atoms with van der Waals surface area (Å²) >= 11 is 0. The van der Waals surface area contributed by atoms with Crippen molar-refractivity contribution in [3.8, 4) is 0 Å². The van der Waals surface area contributed by atoms with Gasteiger partial charge in [-0.1, -0.05) is 32.4 Å². The fourth-order valence-corrected chi connectivity index (χ4v) is 1.82. The molecular formula is C16H26N2O2. The molecule has 4 heteroatoms. The Kier molecular flexibility index (Phi) is 7.09. The largest absolute Gasteiger partial charge is 0.396 e. The monoisotopic (exact) mass is 278 g/mol. The van der Waals surface area contributed by atoms with Gasteiger partial charge in [0.25, 0.3) is 5.91 Å². The maximum Gasteiger partial charge on any atom is 0.253 e. The van der Waals surface area contributed by atoms with Crippen LogP contribution in [0, 0.1) is 5.92 Å². The van der Waals surface area contributed by atoms with Crippen molar-refractivity contribution in [3.63, 3.8) is 0 Å². The average molecular weight is 278 g/mol. The Balaban J connectivity index is 2.71. The molecule has 2 atom stereocenters. The highest BCUT2D eigenvalue weighted by Gasteiger charge is 2.16. The second-order valence-electron chi connectivity index (χ2n) is 5.25. The van der Waals surface area contributed by atoms with Crippen LogP contribution in [-0.4, -0.2) is 30.2 Å². The molecule has 1 aromatic carbocycles. The number of amides is 1. The standard InChI is InChI=1S/C16H26N2O2/c1-4-5-10-17-15-9-7-6-8-14(15)16(20)18-13(3)12(2)11-19/h6-9,12-13,17,19H,4-5,10-11H2,1-3H3,(H,18,20). The highest BCUT2D eigenvalue weighted by Crippen LogP contribution is 2.16. The minimum absolute atomic E-state index is 0.0409. The van der Waals surface area contributed by atoms with E-state index in [1.165, 1.54) is 0 Å². The van der Waals surface area contributed by atoms with Crippen LogP contribution in [0.15, 0.2) is 24.3 Å². The number of benzene rings is 1. The molecule has 1 rings (SSSR count). The Bertz CT molecular complexity index is 421. The zero-order valence-corrected chi connectivity index (χ0v) is 12.6. The Morgan fingerprint density at radius 2 is 2.00 bits per heavy atom. The fraction of sp³-hybridized carbons (Fsp3) is 0.562. The third-order valence-electron chi connectivity index (χ3n) is 3.52. The van der Waals surface area contributed by atoms with Crippen molar-refractivity contribution in [3.05, 3.63) is 29.8 Å². The van der Waals surface area contributed by atoms with Crippen molar-refractivity contribution < 1.29 is 9.90 Å². The number of unbranched alkanes of at least 4 members (excludes halogenated alkanes) is 1. The van der Waals surface area contributed by atoms with Gasteiger partial charge in [0, 0.05) is 24.9 Å². The molecule has 4 nitrogen and oxygen atoms in total. The minimum Gasteiger partial charge on any atom is -0.396 e. The number of aliphatic hydroxyl groups excluding tert-OH is 1. The third kappa shape index (κ3) is 4.85. The molecule has 0 fully saturated rings. The highest BCUT2D eigenvalue weighted by molar-refractivity contribution is 5.99. The Hall–Kier alpha value is -1.55. The molecule has 0 heterocycles. The summed E-state index contributed by atoms with van der Waals surface area (Å²) in [6.07, 6.45) is 2.19. The normalized spacial score (nSPS) is 13.6. The number of para-hydroxylation sites is 1. The molecule has 0 spiro atoms. The van der Waals surface area contributed by atoms with E-state index in [2.05, 4.69) is 17.6 Å². The van der Waals surface area contributed by atoms with Crippen molar-refractivity contribution in [1.82, 2.24) is 5.32 Å². The van der Waals surface area contributed by atoms with Gasteiger partial charge in [-0.25, -0.2) is 0 Å². The predicted molar refractivity (Wildman–Crippen MR) is 83.0 cm³/mol. The number of nitrogens with one attached hydrogen (secondary N) is 2. The average Bonchev–Trinajstić information content (AvgIpc) is 2.47. The molecule has 0 bridgehead atoms. The highest BCUT2D eigenvalue weighted by atomic mass is 16.3. The molecule has 0 aliphatic rings. The Morgan fingerprint density at radius 3 is 2.65 bits per heavy atom. The van der Waals surface area contributed by atoms with Crippen LogP contribution in [0.4, 0.5) is 5.69 Å². The number of hydrogen-bond donors (Lipinski definition) is 3. The molecule has 1 amide bonds. The van der Waals surface area contributed by atoms with Crippen LogP contribution in [0.1, 0.15) is 44.0 Å². The van der Waals surface area contributed by atoms with E-state index in [0.717, 1.165) is 25.1 Å². The lowest BCUT2D eigenvalue weighted by molar-refractivity contribution is 0.0917. The SMILES string of the molecule is CCCCNc1ccccc1C(=O)NC(C)C(C)CO. The van der Waals surface area contributed by atoms with Gasteiger partial charge in [-0.3, -0.25) is 4.79 Å². The second-order valence-corrected chi connectivity index (χ2v) is 5.25. The van der Waals surface area contributed by atoms with E-state index >= 15 is 0 Å². The van der Waals surface area contributed by atoms with Gasteiger partial charge >= 0.3 is 0 Å². The number of anilines is 1. The third-order valence-corrected chi connectivity index (χ3v) is 3.52. The van der Waals surface area contributed by atoms with Crippen molar-refractivity contribution in [1.29, 1.82) is 0 Å². The topological polar surface area (TPSA) is 61.4 Å². The van der Waals surface area contributed by atoms with Gasteiger partial charge in [0.15, 0.2) is 0 Å². The molecule has 112 valence electrons. The van der Waals surface area contributed by atoms with Crippen LogP contribution in [-0.2, 0) is 0 Å². The molecule has 1 aromatic rings. The number of aliphatic hydroxyl groups is 1. The predicted octanol–water partition coefficient (Wildman–Crippen LogP) is 2.65. The van der Waals surface area contributed by atoms with Crippen LogP contribution < -0.4 is 10.6 Å². The molecular weight excluding hydrogens is 252 g/mol. The second kappa shape index (κ2) is 8.59. The molecule has 3 N–H and O–H groups in total. The lowest BCUT2D eigenvalue weighted by atomic mass is 10.0. The van der Waals surface area contributed by atoms with E-state index in [4.69, 9.17) is 5.11 Å². The fourth-order valence-electron chi connectivity index (χ4n) is 1.82. The van der Waals surface area contributed by atoms with E-state index < -0.39 is 0 Å². The molecule has 20 heavy (non-hydrogen) atoms. The summed E-state index contributed by atoms with van der Waals surface area (Å²) in [4.78, 5) is 12.3. The van der Waals surface area contributed by atoms with E-state index in [1.54, 1.807) is 0 Å². The van der Waals surface area contributed by atoms with Crippen molar-refractivity contribution in [2.45, 2.75) is 39.7 Å². The van der Waals surface area contributed by atoms with E-state index in [1.807, 2.05) is 38.1 Å². The lowest BCUT2D eigenvalue weighted by Crippen LogP contribution is -2.38. The number of rotatable bonds is 8. The minimum atomic E-state index is -0.0996. The number of hydrogen-bond acceptors (Lipinski definition) is 3. The quantitative estimate of drug-likeness (QED) is 0.641. The van der Waals surface area contributed by atoms with Crippen LogP contribution in [0.3, 0.4) is 0 Å². The van der Waals surface area contributed by atoms with Crippen LogP contribution in [0.25, 0.3) is 0 Å². The van der Waals surface area contributed by atoms with Gasteiger partial charge < -0.3 is 15.7 Å². The number of carbonyl (C=O) groups excluding carboxylic acids is 1. The van der Waals surface area contributed by atoms with Crippen molar-refractivity contribution in [2.75, 3.05) is 18.5 Å². The Labute approximate surface area is 121 Å². The lowest BCUT2D eigenvalue weighted by Gasteiger charge is -2.20. The van der Waals surface area contributed by atoms with Crippen LogP contribution in [0.5, 0.6) is 0 Å². The number of carbonyl (C=O) groups is 1. The first-order valence-corrected chi connectivity index (χ1v) is 7.34. The molecule has 2 unspecified atom stereocenters. The zero-order chi connectivity index (χ0) is 15.0.